The summed E-state index contributed by atoms with van der Waals surface area (Å²) in [5.41, 5.74) is 1.31. The summed E-state index contributed by atoms with van der Waals surface area (Å²) < 4.78 is 21.6. The minimum absolute atomic E-state index is 0.0187. The van der Waals surface area contributed by atoms with Gasteiger partial charge in [0.15, 0.2) is 0 Å². The largest absolute Gasteiger partial charge is 0.498 e. The van der Waals surface area contributed by atoms with Crippen molar-refractivity contribution in [2.75, 3.05) is 0 Å². The van der Waals surface area contributed by atoms with Crippen LogP contribution >= 0.6 is 0 Å². The van der Waals surface area contributed by atoms with Gasteiger partial charge in [-0.15, -0.1) is 0 Å². The van der Waals surface area contributed by atoms with Gasteiger partial charge in [-0.05, 0) is 37.1 Å². The van der Waals surface area contributed by atoms with Gasteiger partial charge >= 0.3 is 0 Å². The van der Waals surface area contributed by atoms with Crippen molar-refractivity contribution in [1.82, 2.24) is 9.78 Å². The molecule has 20 heavy (non-hydrogen) atoms. The minimum atomic E-state index is -0.529. The SMILES string of the molecule is [C-]#[N+]c1c(F)cc(Cn2cccn2)c2c1OC(C)(C)C2. The van der Waals surface area contributed by atoms with Gasteiger partial charge in [-0.25, -0.2) is 9.24 Å². The first-order valence-corrected chi connectivity index (χ1v) is 6.38. The van der Waals surface area contributed by atoms with Gasteiger partial charge in [-0.3, -0.25) is 4.68 Å². The lowest BCUT2D eigenvalue weighted by Gasteiger charge is -2.17. The Morgan fingerprint density at radius 3 is 3.00 bits per heavy atom. The third-order valence-corrected chi connectivity index (χ3v) is 3.39. The Morgan fingerprint density at radius 2 is 2.35 bits per heavy atom. The number of fused-ring (bicyclic) bond motifs is 1. The molecular weight excluding hydrogens is 257 g/mol. The van der Waals surface area contributed by atoms with Crippen LogP contribution in [0.25, 0.3) is 4.85 Å². The van der Waals surface area contributed by atoms with Crippen LogP contribution in [0.1, 0.15) is 25.0 Å². The number of hydrogen-bond acceptors (Lipinski definition) is 2. The number of nitrogens with zero attached hydrogens (tertiary/aromatic N) is 3. The second-order valence-corrected chi connectivity index (χ2v) is 5.53. The second kappa shape index (κ2) is 4.34. The van der Waals surface area contributed by atoms with Crippen molar-refractivity contribution in [2.45, 2.75) is 32.4 Å². The average molecular weight is 271 g/mol. The van der Waals surface area contributed by atoms with Crippen LogP contribution in [0, 0.1) is 12.4 Å². The van der Waals surface area contributed by atoms with Crippen molar-refractivity contribution in [3.8, 4) is 5.75 Å². The smallest absolute Gasteiger partial charge is 0.263 e. The van der Waals surface area contributed by atoms with E-state index in [-0.39, 0.29) is 5.69 Å². The van der Waals surface area contributed by atoms with Gasteiger partial charge in [0, 0.05) is 18.8 Å². The molecule has 102 valence electrons. The molecule has 1 aromatic carbocycles. The predicted molar refractivity (Wildman–Crippen MR) is 72.4 cm³/mol. The molecule has 1 aliphatic rings. The number of benzene rings is 1. The fourth-order valence-electron chi connectivity index (χ4n) is 2.56. The summed E-state index contributed by atoms with van der Waals surface area (Å²) in [4.78, 5) is 3.27. The fraction of sp³-hybridized carbons (Fsp3) is 0.333. The summed E-state index contributed by atoms with van der Waals surface area (Å²) in [6.07, 6.45) is 4.18. The van der Waals surface area contributed by atoms with Crippen molar-refractivity contribution >= 4 is 5.69 Å². The highest BCUT2D eigenvalue weighted by Gasteiger charge is 2.35. The molecule has 0 unspecified atom stereocenters. The van der Waals surface area contributed by atoms with Gasteiger partial charge in [0.05, 0.1) is 13.1 Å². The van der Waals surface area contributed by atoms with Crippen LogP contribution in [-0.4, -0.2) is 15.4 Å². The molecule has 0 N–H and O–H groups in total. The molecule has 0 fully saturated rings. The fourth-order valence-corrected chi connectivity index (χ4v) is 2.56. The first-order valence-electron chi connectivity index (χ1n) is 6.38. The average Bonchev–Trinajstić information content (AvgIpc) is 2.96. The van der Waals surface area contributed by atoms with E-state index < -0.39 is 11.4 Å². The monoisotopic (exact) mass is 271 g/mol. The van der Waals surface area contributed by atoms with Crippen LogP contribution in [0.15, 0.2) is 24.5 Å². The molecule has 0 radical (unpaired) electrons. The van der Waals surface area contributed by atoms with E-state index in [9.17, 15) is 4.39 Å². The molecule has 0 bridgehead atoms. The van der Waals surface area contributed by atoms with Gasteiger partial charge in [0.2, 0.25) is 0 Å². The van der Waals surface area contributed by atoms with Crippen LogP contribution in [-0.2, 0) is 13.0 Å². The third-order valence-electron chi connectivity index (χ3n) is 3.39. The van der Waals surface area contributed by atoms with Crippen LogP contribution in [0.2, 0.25) is 0 Å². The van der Waals surface area contributed by atoms with Crippen molar-refractivity contribution < 1.29 is 9.13 Å². The van der Waals surface area contributed by atoms with Crippen molar-refractivity contribution in [3.05, 3.63) is 52.9 Å². The molecule has 2 heterocycles. The molecule has 0 aliphatic carbocycles. The summed E-state index contributed by atoms with van der Waals surface area (Å²) in [5, 5.41) is 4.14. The molecule has 4 nitrogen and oxygen atoms in total. The second-order valence-electron chi connectivity index (χ2n) is 5.53. The minimum Gasteiger partial charge on any atom is -0.498 e. The van der Waals surface area contributed by atoms with E-state index in [1.807, 2.05) is 26.1 Å². The molecule has 3 rings (SSSR count). The molecule has 1 aromatic heterocycles. The molecule has 0 amide bonds. The Labute approximate surface area is 116 Å². The summed E-state index contributed by atoms with van der Waals surface area (Å²) in [5.74, 6) is -0.134. The van der Waals surface area contributed by atoms with E-state index in [1.165, 1.54) is 6.07 Å². The Balaban J connectivity index is 2.11. The molecule has 0 spiro atoms. The van der Waals surface area contributed by atoms with Crippen molar-refractivity contribution in [2.24, 2.45) is 0 Å². The lowest BCUT2D eigenvalue weighted by Crippen LogP contribution is -2.24. The quantitative estimate of drug-likeness (QED) is 0.784. The van der Waals surface area contributed by atoms with Gasteiger partial charge in [-0.2, -0.15) is 5.10 Å². The zero-order valence-electron chi connectivity index (χ0n) is 11.4. The first-order chi connectivity index (χ1) is 9.50. The number of hydrogen-bond donors (Lipinski definition) is 0. The Bertz CT molecular complexity index is 699. The number of rotatable bonds is 2. The van der Waals surface area contributed by atoms with Gasteiger partial charge in [0.1, 0.15) is 17.2 Å². The van der Waals surface area contributed by atoms with Crippen LogP contribution in [0.5, 0.6) is 5.75 Å². The predicted octanol–water partition coefficient (Wildman–Crippen LogP) is 3.33. The molecule has 1 aliphatic heterocycles. The van der Waals surface area contributed by atoms with E-state index in [0.717, 1.165) is 11.1 Å². The van der Waals surface area contributed by atoms with E-state index in [1.54, 1.807) is 10.9 Å². The van der Waals surface area contributed by atoms with Gasteiger partial charge in [-0.1, -0.05) is 0 Å². The molecule has 2 aromatic rings. The maximum Gasteiger partial charge on any atom is 0.263 e. The highest BCUT2D eigenvalue weighted by atomic mass is 19.1. The topological polar surface area (TPSA) is 31.4 Å². The van der Waals surface area contributed by atoms with Crippen LogP contribution in [0.4, 0.5) is 10.1 Å². The standard InChI is InChI=1S/C15H14FN3O/c1-15(2)8-11-10(9-19-6-4-5-18-19)7-12(16)13(17-3)14(11)20-15/h4-7H,8-9H2,1-2H3. The summed E-state index contributed by atoms with van der Waals surface area (Å²) in [6, 6.07) is 3.25. The van der Waals surface area contributed by atoms with Gasteiger partial charge in [0.25, 0.3) is 5.69 Å². The van der Waals surface area contributed by atoms with Gasteiger partial charge < -0.3 is 4.74 Å². The van der Waals surface area contributed by atoms with E-state index in [4.69, 9.17) is 11.3 Å². The lowest BCUT2D eigenvalue weighted by molar-refractivity contribution is 0.139. The maximum atomic E-state index is 14.1. The van der Waals surface area contributed by atoms with E-state index in [0.29, 0.717) is 18.7 Å². The van der Waals surface area contributed by atoms with Crippen LogP contribution in [0.3, 0.4) is 0 Å². The van der Waals surface area contributed by atoms with E-state index >= 15 is 0 Å². The highest BCUT2D eigenvalue weighted by molar-refractivity contribution is 5.66. The summed E-state index contributed by atoms with van der Waals surface area (Å²) in [7, 11) is 0. The number of aromatic nitrogens is 2. The molecule has 0 saturated carbocycles. The third kappa shape index (κ3) is 2.03. The molecule has 5 heteroatoms. The first kappa shape index (κ1) is 12.7. The summed E-state index contributed by atoms with van der Waals surface area (Å²) in [6.45, 7) is 11.5. The number of ether oxygens (including phenoxy) is 1. The zero-order chi connectivity index (χ0) is 14.3. The Hall–Kier alpha value is -2.35. The normalized spacial score (nSPS) is 15.5. The molecular formula is C15H14FN3O. The highest BCUT2D eigenvalue weighted by Crippen LogP contribution is 2.45. The van der Waals surface area contributed by atoms with E-state index in [2.05, 4.69) is 9.94 Å². The van der Waals surface area contributed by atoms with Crippen molar-refractivity contribution in [3.63, 3.8) is 0 Å². The number of halogens is 1. The Morgan fingerprint density at radius 1 is 1.55 bits per heavy atom. The Kier molecular flexibility index (Phi) is 2.75. The summed E-state index contributed by atoms with van der Waals surface area (Å²) >= 11 is 0. The zero-order valence-corrected chi connectivity index (χ0v) is 11.4. The van der Waals surface area contributed by atoms with Crippen molar-refractivity contribution in [1.29, 1.82) is 0 Å². The lowest BCUT2D eigenvalue weighted by atomic mass is 9.96. The molecule has 0 atom stereocenters. The van der Waals surface area contributed by atoms with Crippen LogP contribution < -0.4 is 4.74 Å². The molecule has 0 saturated heterocycles. The maximum absolute atomic E-state index is 14.1.